The van der Waals surface area contributed by atoms with Gasteiger partial charge in [0.25, 0.3) is 15.9 Å². The van der Waals surface area contributed by atoms with E-state index in [4.69, 9.17) is 0 Å². The van der Waals surface area contributed by atoms with Crippen LogP contribution in [0, 0.1) is 0 Å². The number of rotatable bonds is 4. The van der Waals surface area contributed by atoms with Gasteiger partial charge < -0.3 is 4.90 Å². The van der Waals surface area contributed by atoms with Gasteiger partial charge in [-0.15, -0.1) is 11.3 Å². The smallest absolute Gasteiger partial charge is 0.257 e. The Morgan fingerprint density at radius 2 is 1.78 bits per heavy atom. The summed E-state index contributed by atoms with van der Waals surface area (Å²) in [5, 5.41) is 8.66. The molecule has 3 aromatic rings. The Morgan fingerprint density at radius 3 is 2.44 bits per heavy atom. The van der Waals surface area contributed by atoms with Gasteiger partial charge in [-0.05, 0) is 11.4 Å². The highest BCUT2D eigenvalue weighted by molar-refractivity contribution is 7.91. The van der Waals surface area contributed by atoms with E-state index in [-0.39, 0.29) is 19.0 Å². The van der Waals surface area contributed by atoms with Crippen LogP contribution in [0.1, 0.15) is 10.4 Å². The molecule has 0 spiro atoms. The average molecular weight is 403 g/mol. The first-order valence-electron chi connectivity index (χ1n) is 8.49. The third-order valence-corrected chi connectivity index (χ3v) is 7.82. The zero-order valence-corrected chi connectivity index (χ0v) is 16.0. The lowest BCUT2D eigenvalue weighted by molar-refractivity contribution is 0.0699. The Hall–Kier alpha value is -2.49. The van der Waals surface area contributed by atoms with Crippen molar-refractivity contribution in [1.29, 1.82) is 0 Å². The number of nitrogens with zero attached hydrogens (tertiary/aromatic N) is 3. The highest BCUT2D eigenvalue weighted by atomic mass is 32.2. The molecule has 4 rings (SSSR count). The number of carbonyl (C=O) groups is 1. The molecule has 1 aliphatic rings. The zero-order valence-electron chi connectivity index (χ0n) is 14.4. The molecule has 27 heavy (non-hydrogen) atoms. The number of H-pyrrole nitrogens is 1. The van der Waals surface area contributed by atoms with Gasteiger partial charge >= 0.3 is 0 Å². The van der Waals surface area contributed by atoms with Crippen LogP contribution in [0.5, 0.6) is 0 Å². The van der Waals surface area contributed by atoms with Crippen LogP contribution in [0.3, 0.4) is 0 Å². The lowest BCUT2D eigenvalue weighted by Crippen LogP contribution is -2.50. The van der Waals surface area contributed by atoms with E-state index in [1.165, 1.54) is 21.8 Å². The zero-order chi connectivity index (χ0) is 18.9. The van der Waals surface area contributed by atoms with Crippen molar-refractivity contribution in [2.75, 3.05) is 26.2 Å². The first-order chi connectivity index (χ1) is 13.1. The van der Waals surface area contributed by atoms with Crippen LogP contribution >= 0.6 is 11.3 Å². The molecule has 1 saturated heterocycles. The fraction of sp³-hybridized carbons (Fsp3) is 0.222. The van der Waals surface area contributed by atoms with Crippen molar-refractivity contribution in [2.45, 2.75) is 4.21 Å². The summed E-state index contributed by atoms with van der Waals surface area (Å²) in [5.41, 5.74) is 2.06. The van der Waals surface area contributed by atoms with E-state index < -0.39 is 10.0 Å². The van der Waals surface area contributed by atoms with Crippen LogP contribution in [-0.4, -0.2) is 59.9 Å². The Bertz CT molecular complexity index is 1020. The number of thiophene rings is 1. The number of benzene rings is 1. The number of hydrogen-bond acceptors (Lipinski definition) is 5. The summed E-state index contributed by atoms with van der Waals surface area (Å²) in [6.45, 7) is 1.26. The number of hydrogen-bond donors (Lipinski definition) is 1. The van der Waals surface area contributed by atoms with Gasteiger partial charge in [0.1, 0.15) is 4.21 Å². The largest absolute Gasteiger partial charge is 0.336 e. The third kappa shape index (κ3) is 3.41. The predicted molar refractivity (Wildman–Crippen MR) is 103 cm³/mol. The summed E-state index contributed by atoms with van der Waals surface area (Å²) < 4.78 is 27.0. The number of piperazine rings is 1. The predicted octanol–water partition coefficient (Wildman–Crippen LogP) is 2.28. The van der Waals surface area contributed by atoms with Crippen molar-refractivity contribution < 1.29 is 13.2 Å². The molecular weight excluding hydrogens is 384 g/mol. The molecule has 1 N–H and O–H groups in total. The summed E-state index contributed by atoms with van der Waals surface area (Å²) >= 11 is 1.21. The molecule has 7 nitrogen and oxygen atoms in total. The van der Waals surface area contributed by atoms with Crippen molar-refractivity contribution in [3.8, 4) is 11.3 Å². The summed E-state index contributed by atoms with van der Waals surface area (Å²) in [4.78, 5) is 14.6. The number of aromatic amines is 1. The number of amides is 1. The molecule has 0 unspecified atom stereocenters. The minimum Gasteiger partial charge on any atom is -0.336 e. The Balaban J connectivity index is 1.48. The van der Waals surface area contributed by atoms with Crippen molar-refractivity contribution in [3.63, 3.8) is 0 Å². The third-order valence-electron chi connectivity index (χ3n) is 4.55. The molecule has 140 valence electrons. The molecule has 0 aliphatic carbocycles. The molecule has 0 saturated carbocycles. The summed E-state index contributed by atoms with van der Waals surface area (Å²) in [5.74, 6) is -0.143. The second-order valence-corrected chi connectivity index (χ2v) is 9.27. The van der Waals surface area contributed by atoms with Gasteiger partial charge in [-0.2, -0.15) is 9.40 Å². The molecule has 0 atom stereocenters. The van der Waals surface area contributed by atoms with Crippen LogP contribution in [0.2, 0.25) is 0 Å². The molecule has 0 bridgehead atoms. The molecule has 1 aromatic carbocycles. The van der Waals surface area contributed by atoms with E-state index in [9.17, 15) is 13.2 Å². The highest BCUT2D eigenvalue weighted by Gasteiger charge is 2.31. The van der Waals surface area contributed by atoms with E-state index in [2.05, 4.69) is 10.2 Å². The SMILES string of the molecule is O=C(c1cn[nH]c1-c1ccccc1)N1CCN(S(=O)(=O)c2cccs2)CC1. The normalized spacial score (nSPS) is 15.8. The van der Waals surface area contributed by atoms with E-state index in [1.807, 2.05) is 30.3 Å². The monoisotopic (exact) mass is 402 g/mol. The van der Waals surface area contributed by atoms with Gasteiger partial charge in [-0.25, -0.2) is 8.42 Å². The molecule has 1 fully saturated rings. The molecule has 1 amide bonds. The topological polar surface area (TPSA) is 86.4 Å². The van der Waals surface area contributed by atoms with Crippen molar-refractivity contribution >= 4 is 27.3 Å². The van der Waals surface area contributed by atoms with Gasteiger partial charge in [0.05, 0.1) is 17.5 Å². The number of nitrogens with one attached hydrogen (secondary N) is 1. The summed E-state index contributed by atoms with van der Waals surface area (Å²) in [7, 11) is -3.48. The van der Waals surface area contributed by atoms with Crippen LogP contribution in [0.25, 0.3) is 11.3 Å². The number of sulfonamides is 1. The molecule has 3 heterocycles. The maximum atomic E-state index is 12.9. The Morgan fingerprint density at radius 1 is 1.04 bits per heavy atom. The average Bonchev–Trinajstić information content (AvgIpc) is 3.40. The first-order valence-corrected chi connectivity index (χ1v) is 10.8. The van der Waals surface area contributed by atoms with E-state index in [1.54, 1.807) is 22.4 Å². The van der Waals surface area contributed by atoms with Gasteiger partial charge in [0.2, 0.25) is 0 Å². The second kappa shape index (κ2) is 7.26. The maximum absolute atomic E-state index is 12.9. The van der Waals surface area contributed by atoms with E-state index in [0.29, 0.717) is 28.6 Å². The summed E-state index contributed by atoms with van der Waals surface area (Å²) in [6.07, 6.45) is 1.53. The van der Waals surface area contributed by atoms with Crippen molar-refractivity contribution in [3.05, 3.63) is 59.6 Å². The van der Waals surface area contributed by atoms with Gasteiger partial charge in [-0.1, -0.05) is 36.4 Å². The number of carbonyl (C=O) groups excluding carboxylic acids is 1. The van der Waals surface area contributed by atoms with E-state index in [0.717, 1.165) is 5.56 Å². The molecular formula is C18H18N4O3S2. The van der Waals surface area contributed by atoms with Crippen molar-refractivity contribution in [1.82, 2.24) is 19.4 Å². The fourth-order valence-corrected chi connectivity index (χ4v) is 5.68. The molecule has 2 aromatic heterocycles. The van der Waals surface area contributed by atoms with Crippen LogP contribution in [0.4, 0.5) is 0 Å². The lowest BCUT2D eigenvalue weighted by Gasteiger charge is -2.33. The summed E-state index contributed by atoms with van der Waals surface area (Å²) in [6, 6.07) is 12.9. The molecule has 0 radical (unpaired) electrons. The standard InChI is InChI=1S/C18H18N4O3S2/c23-18(15-13-19-20-17(15)14-5-2-1-3-6-14)21-8-10-22(11-9-21)27(24,25)16-7-4-12-26-16/h1-7,12-13H,8-11H2,(H,19,20). The van der Waals surface area contributed by atoms with Crippen molar-refractivity contribution in [2.24, 2.45) is 0 Å². The van der Waals surface area contributed by atoms with E-state index >= 15 is 0 Å². The number of aromatic nitrogens is 2. The second-order valence-electron chi connectivity index (χ2n) is 6.15. The first kappa shape index (κ1) is 17.9. The maximum Gasteiger partial charge on any atom is 0.257 e. The lowest BCUT2D eigenvalue weighted by atomic mass is 10.1. The van der Waals surface area contributed by atoms with Crippen LogP contribution in [-0.2, 0) is 10.0 Å². The Kier molecular flexibility index (Phi) is 4.81. The molecule has 9 heteroatoms. The minimum absolute atomic E-state index is 0.143. The quantitative estimate of drug-likeness (QED) is 0.725. The minimum atomic E-state index is -3.48. The van der Waals surface area contributed by atoms with Gasteiger partial charge in [0.15, 0.2) is 0 Å². The van der Waals surface area contributed by atoms with Gasteiger partial charge in [0, 0.05) is 31.7 Å². The fourth-order valence-electron chi connectivity index (χ4n) is 3.11. The highest BCUT2D eigenvalue weighted by Crippen LogP contribution is 2.25. The van der Waals surface area contributed by atoms with Crippen LogP contribution in [0.15, 0.2) is 58.3 Å². The van der Waals surface area contributed by atoms with Gasteiger partial charge in [-0.3, -0.25) is 9.89 Å². The Labute approximate surface area is 161 Å². The van der Waals surface area contributed by atoms with Crippen LogP contribution < -0.4 is 0 Å². The molecule has 1 aliphatic heterocycles.